The third kappa shape index (κ3) is 8.74. The van der Waals surface area contributed by atoms with Gasteiger partial charge in [0.1, 0.15) is 0 Å². The number of nitrogens with zero attached hydrogens (tertiary/aromatic N) is 1. The van der Waals surface area contributed by atoms with Gasteiger partial charge >= 0.3 is 6.03 Å². The van der Waals surface area contributed by atoms with Gasteiger partial charge in [0.25, 0.3) is 0 Å². The summed E-state index contributed by atoms with van der Waals surface area (Å²) < 4.78 is 5.54. The molecule has 34 heavy (non-hydrogen) atoms. The number of urea groups is 1. The summed E-state index contributed by atoms with van der Waals surface area (Å²) in [5.74, 6) is 0.755. The monoisotopic (exact) mass is 469 g/mol. The number of carbonyl (C=O) groups excluding carboxylic acids is 1. The highest BCUT2D eigenvalue weighted by molar-refractivity contribution is 5.76. The summed E-state index contributed by atoms with van der Waals surface area (Å²) in [7, 11) is 1.99. The van der Waals surface area contributed by atoms with Crippen molar-refractivity contribution in [2.45, 2.75) is 83.6 Å². The lowest BCUT2D eigenvalue weighted by atomic mass is 9.85. The lowest BCUT2D eigenvalue weighted by Crippen LogP contribution is -2.50. The number of amides is 2. The smallest absolute Gasteiger partial charge is 0.317 e. The number of rotatable bonds is 12. The molecule has 1 saturated carbocycles. The van der Waals surface area contributed by atoms with Gasteiger partial charge in [-0.05, 0) is 75.1 Å². The van der Waals surface area contributed by atoms with Crippen LogP contribution >= 0.6 is 0 Å². The molecule has 2 aliphatic rings. The van der Waals surface area contributed by atoms with Crippen molar-refractivity contribution in [3.05, 3.63) is 41.5 Å². The Labute approximate surface area is 207 Å². The number of likely N-dealkylation sites (N-methyl/N-ethyl adjacent to an activating group) is 1. The molecule has 0 aromatic heterocycles. The molecule has 0 bridgehead atoms. The van der Waals surface area contributed by atoms with Gasteiger partial charge in [0, 0.05) is 38.9 Å². The van der Waals surface area contributed by atoms with E-state index in [4.69, 9.17) is 4.74 Å². The molecule has 0 spiro atoms. The Morgan fingerprint density at radius 1 is 1.12 bits per heavy atom. The topological polar surface area (TPSA) is 53.6 Å². The van der Waals surface area contributed by atoms with Crippen LogP contribution in [0.25, 0.3) is 5.57 Å². The maximum atomic E-state index is 13.3. The second kappa shape index (κ2) is 15.2. The molecule has 2 amide bonds. The molecule has 2 N–H and O–H groups in total. The van der Waals surface area contributed by atoms with Gasteiger partial charge < -0.3 is 20.3 Å². The molecule has 3 rings (SSSR count). The molecule has 0 radical (unpaired) electrons. The van der Waals surface area contributed by atoms with E-state index < -0.39 is 0 Å². The molecule has 1 aromatic rings. The Bertz CT molecular complexity index is 743. The molecule has 1 atom stereocenters. The van der Waals surface area contributed by atoms with Gasteiger partial charge in [0.05, 0.1) is 0 Å². The Balaban J connectivity index is 1.64. The van der Waals surface area contributed by atoms with Gasteiger partial charge in [-0.3, -0.25) is 0 Å². The van der Waals surface area contributed by atoms with Crippen molar-refractivity contribution in [1.29, 1.82) is 0 Å². The molecule has 2 fully saturated rings. The number of ether oxygens (including phenoxy) is 1. The third-order valence-corrected chi connectivity index (χ3v) is 7.41. The van der Waals surface area contributed by atoms with Crippen LogP contribution in [-0.2, 0) is 4.74 Å². The second-order valence-corrected chi connectivity index (χ2v) is 10.1. The Morgan fingerprint density at radius 3 is 2.65 bits per heavy atom. The number of hydrogen-bond donors (Lipinski definition) is 2. The Hall–Kier alpha value is -1.85. The van der Waals surface area contributed by atoms with Crippen molar-refractivity contribution in [2.24, 2.45) is 5.92 Å². The highest BCUT2D eigenvalue weighted by Crippen LogP contribution is 2.30. The van der Waals surface area contributed by atoms with Gasteiger partial charge in [-0.25, -0.2) is 4.79 Å². The fraction of sp³-hybridized carbons (Fsp3) is 0.690. The van der Waals surface area contributed by atoms with Crippen LogP contribution in [0.1, 0.15) is 83.1 Å². The Kier molecular flexibility index (Phi) is 12.0. The van der Waals surface area contributed by atoms with E-state index in [0.717, 1.165) is 77.3 Å². The van der Waals surface area contributed by atoms with E-state index in [0.29, 0.717) is 0 Å². The molecule has 190 valence electrons. The van der Waals surface area contributed by atoms with E-state index in [-0.39, 0.29) is 12.1 Å². The zero-order chi connectivity index (χ0) is 24.0. The van der Waals surface area contributed by atoms with Crippen molar-refractivity contribution in [3.8, 4) is 0 Å². The molecule has 1 aromatic carbocycles. The molecule has 1 heterocycles. The van der Waals surface area contributed by atoms with Crippen molar-refractivity contribution < 1.29 is 9.53 Å². The van der Waals surface area contributed by atoms with E-state index in [1.807, 2.05) is 11.9 Å². The van der Waals surface area contributed by atoms with Gasteiger partial charge in [0.2, 0.25) is 0 Å². The van der Waals surface area contributed by atoms with E-state index in [1.165, 1.54) is 48.8 Å². The zero-order valence-electron chi connectivity index (χ0n) is 21.6. The lowest BCUT2D eigenvalue weighted by Gasteiger charge is -2.33. The Morgan fingerprint density at radius 2 is 1.91 bits per heavy atom. The van der Waals surface area contributed by atoms with Crippen molar-refractivity contribution in [2.75, 3.05) is 39.9 Å². The van der Waals surface area contributed by atoms with Crippen LogP contribution in [0.3, 0.4) is 0 Å². The van der Waals surface area contributed by atoms with Crippen LogP contribution in [0.5, 0.6) is 0 Å². The normalized spacial score (nSPS) is 19.6. The summed E-state index contributed by atoms with van der Waals surface area (Å²) in [4.78, 5) is 15.4. The first-order chi connectivity index (χ1) is 16.7. The average molecular weight is 470 g/mol. The number of hydrogen-bond acceptors (Lipinski definition) is 3. The first kappa shape index (κ1) is 26.7. The van der Waals surface area contributed by atoms with Crippen LogP contribution in [-0.4, -0.2) is 56.9 Å². The molecule has 1 saturated heterocycles. The van der Waals surface area contributed by atoms with Crippen molar-refractivity contribution in [3.63, 3.8) is 0 Å². The largest absolute Gasteiger partial charge is 0.382 e. The highest BCUT2D eigenvalue weighted by Gasteiger charge is 2.25. The maximum absolute atomic E-state index is 13.3. The van der Waals surface area contributed by atoms with Gasteiger partial charge in [-0.1, -0.05) is 62.4 Å². The number of carbonyl (C=O) groups is 1. The molecule has 5 nitrogen and oxygen atoms in total. The van der Waals surface area contributed by atoms with E-state index >= 15 is 0 Å². The molecule has 1 aliphatic heterocycles. The predicted octanol–water partition coefficient (Wildman–Crippen LogP) is 6.01. The summed E-state index contributed by atoms with van der Waals surface area (Å²) >= 11 is 0. The molecular weight excluding hydrogens is 422 g/mol. The van der Waals surface area contributed by atoms with Crippen LogP contribution in [0.4, 0.5) is 4.79 Å². The standard InChI is InChI=1S/C29H47N3O2/c1-3-34-20-11-10-18-28(25-15-8-5-9-16-25)26-17-12-19-32(23-26)29(33)31-27(22-30-2)21-24-13-6-4-7-14-24/h5,8-9,15-16,24,27,30H,3-4,6-7,10-14,17-23H2,1-2H3,(H,31,33)/b28-26-/t27-/m0/s1. The SMILES string of the molecule is CCOCCCC/C(=C1\CCCN(C(=O)N[C@H](CNC)CC2CCCCC2)C1)c1ccccc1. The summed E-state index contributed by atoms with van der Waals surface area (Å²) in [6.45, 7) is 6.10. The summed E-state index contributed by atoms with van der Waals surface area (Å²) in [6, 6.07) is 11.1. The minimum atomic E-state index is 0.108. The number of nitrogens with one attached hydrogen (secondary N) is 2. The van der Waals surface area contributed by atoms with E-state index in [9.17, 15) is 4.79 Å². The highest BCUT2D eigenvalue weighted by atomic mass is 16.5. The molecule has 1 aliphatic carbocycles. The van der Waals surface area contributed by atoms with Crippen molar-refractivity contribution in [1.82, 2.24) is 15.5 Å². The van der Waals surface area contributed by atoms with E-state index in [2.05, 4.69) is 47.9 Å². The van der Waals surface area contributed by atoms with Crippen LogP contribution in [0, 0.1) is 5.92 Å². The first-order valence-corrected chi connectivity index (χ1v) is 13.7. The van der Waals surface area contributed by atoms with Gasteiger partial charge in [0.15, 0.2) is 0 Å². The quantitative estimate of drug-likeness (QED) is 0.369. The summed E-state index contributed by atoms with van der Waals surface area (Å²) in [6.07, 6.45) is 13.2. The number of benzene rings is 1. The van der Waals surface area contributed by atoms with Crippen LogP contribution in [0.15, 0.2) is 35.9 Å². The minimum Gasteiger partial charge on any atom is -0.382 e. The number of allylic oxidation sites excluding steroid dienone is 1. The molecule has 5 heteroatoms. The number of unbranched alkanes of at least 4 members (excludes halogenated alkanes) is 1. The van der Waals surface area contributed by atoms with Crippen LogP contribution in [0.2, 0.25) is 0 Å². The molecular formula is C29H47N3O2. The average Bonchev–Trinajstić information content (AvgIpc) is 2.87. The summed E-state index contributed by atoms with van der Waals surface area (Å²) in [5, 5.41) is 6.68. The second-order valence-electron chi connectivity index (χ2n) is 10.1. The first-order valence-electron chi connectivity index (χ1n) is 13.7. The predicted molar refractivity (Wildman–Crippen MR) is 142 cm³/mol. The van der Waals surface area contributed by atoms with Gasteiger partial charge in [-0.15, -0.1) is 0 Å². The van der Waals surface area contributed by atoms with Crippen molar-refractivity contribution >= 4 is 11.6 Å². The fourth-order valence-electron chi connectivity index (χ4n) is 5.64. The van der Waals surface area contributed by atoms with Gasteiger partial charge in [-0.2, -0.15) is 0 Å². The number of piperidine rings is 1. The third-order valence-electron chi connectivity index (χ3n) is 7.41. The fourth-order valence-corrected chi connectivity index (χ4v) is 5.64. The minimum absolute atomic E-state index is 0.108. The number of likely N-dealkylation sites (tertiary alicyclic amines) is 1. The zero-order valence-corrected chi connectivity index (χ0v) is 21.6. The van der Waals surface area contributed by atoms with Crippen LogP contribution < -0.4 is 10.6 Å². The lowest BCUT2D eigenvalue weighted by molar-refractivity contribution is 0.144. The van der Waals surface area contributed by atoms with E-state index in [1.54, 1.807) is 0 Å². The summed E-state index contributed by atoms with van der Waals surface area (Å²) in [5.41, 5.74) is 4.17. The molecule has 0 unspecified atom stereocenters. The maximum Gasteiger partial charge on any atom is 0.317 e.